The molecule has 0 aromatic heterocycles. The molecule has 1 N–H and O–H groups in total. The molecule has 0 heterocycles. The Morgan fingerprint density at radius 3 is 2.39 bits per heavy atom. The fourth-order valence-corrected chi connectivity index (χ4v) is 4.08. The van der Waals surface area contributed by atoms with Gasteiger partial charge in [0.2, 0.25) is 0 Å². The van der Waals surface area contributed by atoms with E-state index in [1.807, 2.05) is 54.6 Å². The first-order valence-electron chi connectivity index (χ1n) is 10.4. The van der Waals surface area contributed by atoms with Crippen LogP contribution in [0.1, 0.15) is 29.3 Å². The van der Waals surface area contributed by atoms with Gasteiger partial charge >= 0.3 is 0 Å². The molecule has 0 spiro atoms. The molecule has 0 radical (unpaired) electrons. The van der Waals surface area contributed by atoms with Gasteiger partial charge in [-0.15, -0.1) is 0 Å². The second-order valence-electron chi connectivity index (χ2n) is 7.60. The van der Waals surface area contributed by atoms with Crippen molar-refractivity contribution in [3.63, 3.8) is 0 Å². The molecule has 0 amide bonds. The highest BCUT2D eigenvalue weighted by atomic mass is 16.5. The summed E-state index contributed by atoms with van der Waals surface area (Å²) in [5, 5.41) is 11.6. The molecule has 1 unspecified atom stereocenters. The third kappa shape index (κ3) is 3.99. The first-order valence-corrected chi connectivity index (χ1v) is 10.4. The second-order valence-corrected chi connectivity index (χ2v) is 7.60. The monoisotopic (exact) mass is 414 g/mol. The summed E-state index contributed by atoms with van der Waals surface area (Å²) in [6, 6.07) is 15.8. The van der Waals surface area contributed by atoms with Gasteiger partial charge in [-0.1, -0.05) is 43.4 Å². The lowest BCUT2D eigenvalue weighted by Gasteiger charge is -2.18. The van der Waals surface area contributed by atoms with Crippen LogP contribution in [0.3, 0.4) is 0 Å². The summed E-state index contributed by atoms with van der Waals surface area (Å²) in [5.41, 5.74) is 4.28. The Morgan fingerprint density at radius 1 is 1.00 bits per heavy atom. The van der Waals surface area contributed by atoms with Gasteiger partial charge in [0.25, 0.3) is 0 Å². The van der Waals surface area contributed by atoms with Crippen LogP contribution >= 0.6 is 0 Å². The standard InChI is InChI=1S/C27H26O4/c1-4-17-15-21(30-2)10-13-23(17)25-12-7-19-16-22(31-3)11-14-24(19)26(25)27(29)18-5-8-20(28)9-6-18/h5-8,10-16,20,28H,4,9H2,1-3H3. The summed E-state index contributed by atoms with van der Waals surface area (Å²) in [5.74, 6) is 1.50. The van der Waals surface area contributed by atoms with Gasteiger partial charge in [0.15, 0.2) is 5.78 Å². The highest BCUT2D eigenvalue weighted by Crippen LogP contribution is 2.37. The summed E-state index contributed by atoms with van der Waals surface area (Å²) < 4.78 is 10.8. The van der Waals surface area contributed by atoms with Crippen LogP contribution in [-0.2, 0) is 6.42 Å². The Labute approximate surface area is 182 Å². The van der Waals surface area contributed by atoms with Crippen LogP contribution in [0.4, 0.5) is 0 Å². The molecule has 1 aliphatic rings. The minimum absolute atomic E-state index is 0.0493. The number of hydrogen-bond donors (Lipinski definition) is 1. The van der Waals surface area contributed by atoms with Gasteiger partial charge in [-0.2, -0.15) is 0 Å². The van der Waals surface area contributed by atoms with Crippen LogP contribution in [0.15, 0.2) is 72.3 Å². The van der Waals surface area contributed by atoms with Crippen molar-refractivity contribution in [3.8, 4) is 22.6 Å². The number of fused-ring (bicyclic) bond motifs is 1. The van der Waals surface area contributed by atoms with Gasteiger partial charge in [-0.25, -0.2) is 0 Å². The van der Waals surface area contributed by atoms with Gasteiger partial charge in [-0.3, -0.25) is 4.79 Å². The molecule has 0 saturated carbocycles. The van der Waals surface area contributed by atoms with Crippen LogP contribution in [0, 0.1) is 0 Å². The molecule has 4 rings (SSSR count). The maximum atomic E-state index is 13.7. The van der Waals surface area contributed by atoms with Gasteiger partial charge in [0.05, 0.1) is 20.3 Å². The first-order chi connectivity index (χ1) is 15.0. The lowest BCUT2D eigenvalue weighted by atomic mass is 9.86. The Bertz CT molecular complexity index is 1200. The van der Waals surface area contributed by atoms with E-state index >= 15 is 0 Å². The summed E-state index contributed by atoms with van der Waals surface area (Å²) in [4.78, 5) is 13.7. The number of rotatable bonds is 6. The SMILES string of the molecule is CCc1cc(OC)ccc1-c1ccc2cc(OC)ccc2c1C(=O)C1=CCC(O)C=C1. The van der Waals surface area contributed by atoms with E-state index in [0.29, 0.717) is 17.6 Å². The van der Waals surface area contributed by atoms with Crippen molar-refractivity contribution in [1.29, 1.82) is 0 Å². The van der Waals surface area contributed by atoms with Crippen LogP contribution in [0.25, 0.3) is 21.9 Å². The number of carbonyl (C=O) groups excluding carboxylic acids is 1. The van der Waals surface area contributed by atoms with E-state index in [1.165, 1.54) is 0 Å². The number of methoxy groups -OCH3 is 2. The van der Waals surface area contributed by atoms with E-state index in [0.717, 1.165) is 45.4 Å². The number of Topliss-reactive ketones (excluding diaryl/α,β-unsaturated/α-hetero) is 1. The lowest BCUT2D eigenvalue weighted by Crippen LogP contribution is -2.11. The maximum absolute atomic E-state index is 13.7. The zero-order chi connectivity index (χ0) is 22.0. The van der Waals surface area contributed by atoms with Crippen LogP contribution < -0.4 is 9.47 Å². The van der Waals surface area contributed by atoms with Crippen molar-refractivity contribution in [2.75, 3.05) is 14.2 Å². The Balaban J connectivity index is 1.97. The number of ether oxygens (including phenoxy) is 2. The van der Waals surface area contributed by atoms with E-state index in [2.05, 4.69) is 6.92 Å². The van der Waals surface area contributed by atoms with Crippen LogP contribution in [-0.4, -0.2) is 31.2 Å². The normalized spacial score (nSPS) is 15.6. The van der Waals surface area contributed by atoms with E-state index in [4.69, 9.17) is 9.47 Å². The predicted octanol–water partition coefficient (Wildman–Crippen LogP) is 5.52. The molecule has 3 aromatic carbocycles. The van der Waals surface area contributed by atoms with Crippen molar-refractivity contribution in [2.45, 2.75) is 25.9 Å². The van der Waals surface area contributed by atoms with Gasteiger partial charge in [0, 0.05) is 11.1 Å². The molecule has 31 heavy (non-hydrogen) atoms. The zero-order valence-electron chi connectivity index (χ0n) is 18.0. The quantitative estimate of drug-likeness (QED) is 0.540. The average Bonchev–Trinajstić information content (AvgIpc) is 2.82. The average molecular weight is 415 g/mol. The first kappa shape index (κ1) is 20.9. The van der Waals surface area contributed by atoms with Gasteiger partial charge < -0.3 is 14.6 Å². The number of benzene rings is 3. The Morgan fingerprint density at radius 2 is 1.71 bits per heavy atom. The van der Waals surface area contributed by atoms with Gasteiger partial charge in [0.1, 0.15) is 11.5 Å². The lowest BCUT2D eigenvalue weighted by molar-refractivity contribution is 0.103. The summed E-state index contributed by atoms with van der Waals surface area (Å²) >= 11 is 0. The van der Waals surface area contributed by atoms with Crippen molar-refractivity contribution < 1.29 is 19.4 Å². The molecular weight excluding hydrogens is 388 g/mol. The smallest absolute Gasteiger partial charge is 0.193 e. The minimum Gasteiger partial charge on any atom is -0.497 e. The molecule has 1 aliphatic carbocycles. The molecular formula is C27H26O4. The number of carbonyl (C=O) groups is 1. The fourth-order valence-electron chi connectivity index (χ4n) is 4.08. The summed E-state index contributed by atoms with van der Waals surface area (Å²) in [6.07, 6.45) is 5.92. The molecule has 158 valence electrons. The number of aryl methyl sites for hydroxylation is 1. The van der Waals surface area contributed by atoms with Crippen molar-refractivity contribution in [1.82, 2.24) is 0 Å². The Kier molecular flexibility index (Phi) is 5.92. The highest BCUT2D eigenvalue weighted by molar-refractivity contribution is 6.21. The molecule has 0 saturated heterocycles. The summed E-state index contributed by atoms with van der Waals surface area (Å²) in [7, 11) is 3.29. The largest absolute Gasteiger partial charge is 0.497 e. The number of hydrogen-bond acceptors (Lipinski definition) is 4. The third-order valence-electron chi connectivity index (χ3n) is 5.78. The van der Waals surface area contributed by atoms with Crippen molar-refractivity contribution in [2.24, 2.45) is 0 Å². The molecule has 0 fully saturated rings. The van der Waals surface area contributed by atoms with Crippen molar-refractivity contribution in [3.05, 3.63) is 83.5 Å². The highest BCUT2D eigenvalue weighted by Gasteiger charge is 2.22. The maximum Gasteiger partial charge on any atom is 0.193 e. The molecule has 0 bridgehead atoms. The minimum atomic E-state index is -0.541. The van der Waals surface area contributed by atoms with Gasteiger partial charge in [-0.05, 0) is 70.6 Å². The number of allylic oxidation sites excluding steroid dienone is 2. The van der Waals surface area contributed by atoms with Crippen molar-refractivity contribution >= 4 is 16.6 Å². The molecule has 0 aliphatic heterocycles. The number of aliphatic hydroxyl groups is 1. The van der Waals surface area contributed by atoms with E-state index in [9.17, 15) is 9.90 Å². The topological polar surface area (TPSA) is 55.8 Å². The van der Waals surface area contributed by atoms with E-state index in [1.54, 1.807) is 26.4 Å². The predicted molar refractivity (Wildman–Crippen MR) is 124 cm³/mol. The second kappa shape index (κ2) is 8.78. The number of aliphatic hydroxyl groups excluding tert-OH is 1. The molecule has 1 atom stereocenters. The molecule has 3 aromatic rings. The third-order valence-corrected chi connectivity index (χ3v) is 5.78. The fraction of sp³-hybridized carbons (Fsp3) is 0.222. The molecule has 4 heteroatoms. The number of ketones is 1. The molecule has 4 nitrogen and oxygen atoms in total. The Hall–Kier alpha value is -3.37. The van der Waals surface area contributed by atoms with E-state index in [-0.39, 0.29) is 5.78 Å². The summed E-state index contributed by atoms with van der Waals surface area (Å²) in [6.45, 7) is 2.10. The van der Waals surface area contributed by atoms with Crippen LogP contribution in [0.2, 0.25) is 0 Å². The van der Waals surface area contributed by atoms with E-state index < -0.39 is 6.10 Å². The zero-order valence-corrected chi connectivity index (χ0v) is 18.0. The van der Waals surface area contributed by atoms with Crippen LogP contribution in [0.5, 0.6) is 11.5 Å².